The minimum atomic E-state index is -0.103. The number of hydrogen-bond acceptors (Lipinski definition) is 4. The number of furan rings is 1. The predicted octanol–water partition coefficient (Wildman–Crippen LogP) is 4.72. The number of aryl methyl sites for hydroxylation is 3. The number of likely N-dealkylation sites (N-methyl/N-ethyl adjacent to an activating group) is 1. The molecular weight excluding hydrogens is 403 g/mol. The van der Waals surface area contributed by atoms with Gasteiger partial charge in [0.05, 0.1) is 12.2 Å². The lowest BCUT2D eigenvalue weighted by Gasteiger charge is -2.40. The van der Waals surface area contributed by atoms with Crippen LogP contribution in [0.25, 0.3) is 0 Å². The van der Waals surface area contributed by atoms with Gasteiger partial charge in [-0.25, -0.2) is 4.39 Å². The van der Waals surface area contributed by atoms with Crippen LogP contribution in [0.3, 0.4) is 0 Å². The fourth-order valence-corrected chi connectivity index (χ4v) is 5.05. The maximum atomic E-state index is 14.5. The molecule has 5 nitrogen and oxygen atoms in total. The lowest BCUT2D eigenvalue weighted by Crippen LogP contribution is -2.45. The molecule has 2 aromatic heterocycles. The molecule has 1 saturated heterocycles. The van der Waals surface area contributed by atoms with Crippen molar-refractivity contribution in [2.24, 2.45) is 13.0 Å². The summed E-state index contributed by atoms with van der Waals surface area (Å²) in [5, 5.41) is 4.50. The van der Waals surface area contributed by atoms with Crippen molar-refractivity contribution in [3.8, 4) is 0 Å². The summed E-state index contributed by atoms with van der Waals surface area (Å²) in [4.78, 5) is 4.88. The van der Waals surface area contributed by atoms with Crippen LogP contribution in [-0.4, -0.2) is 45.8 Å². The highest BCUT2D eigenvalue weighted by atomic mass is 19.1. The maximum absolute atomic E-state index is 14.5. The summed E-state index contributed by atoms with van der Waals surface area (Å²) < 4.78 is 22.2. The van der Waals surface area contributed by atoms with E-state index in [4.69, 9.17) is 4.42 Å². The minimum absolute atomic E-state index is 0.103. The van der Waals surface area contributed by atoms with Crippen molar-refractivity contribution < 1.29 is 8.81 Å². The van der Waals surface area contributed by atoms with E-state index in [-0.39, 0.29) is 11.9 Å². The monoisotopic (exact) mass is 438 g/mol. The Bertz CT molecular complexity index is 1020. The van der Waals surface area contributed by atoms with Gasteiger partial charge in [0, 0.05) is 31.4 Å². The molecule has 1 unspecified atom stereocenters. The van der Waals surface area contributed by atoms with Crippen LogP contribution in [0.15, 0.2) is 47.0 Å². The molecule has 1 aliphatic heterocycles. The summed E-state index contributed by atoms with van der Waals surface area (Å²) in [5.41, 5.74) is 3.10. The summed E-state index contributed by atoms with van der Waals surface area (Å²) in [6, 6.07) is 11.6. The van der Waals surface area contributed by atoms with E-state index < -0.39 is 0 Å². The van der Waals surface area contributed by atoms with Crippen LogP contribution in [0, 0.1) is 25.6 Å². The fourth-order valence-electron chi connectivity index (χ4n) is 5.05. The quantitative estimate of drug-likeness (QED) is 0.510. The zero-order valence-corrected chi connectivity index (χ0v) is 19.7. The molecule has 1 aromatic carbocycles. The standard InChI is InChI=1S/C26H35FN4O/c1-19-9-10-24(32-19)18-31-13-11-21(12-14-31)26(15-22-7-5-6-8-25(22)27)29(3)16-23-17-30(4)28-20(23)2/h5-10,17,21,26H,11-16,18H2,1-4H3. The van der Waals surface area contributed by atoms with E-state index >= 15 is 0 Å². The van der Waals surface area contributed by atoms with Crippen LogP contribution in [0.5, 0.6) is 0 Å². The van der Waals surface area contributed by atoms with Crippen LogP contribution >= 0.6 is 0 Å². The molecule has 0 radical (unpaired) electrons. The largest absolute Gasteiger partial charge is 0.465 e. The van der Waals surface area contributed by atoms with Crippen molar-refractivity contribution in [1.29, 1.82) is 0 Å². The second-order valence-corrected chi connectivity index (χ2v) is 9.32. The number of aromatic nitrogens is 2. The first-order chi connectivity index (χ1) is 15.4. The normalized spacial score (nSPS) is 16.7. The van der Waals surface area contributed by atoms with Crippen molar-refractivity contribution in [2.45, 2.75) is 52.2 Å². The number of hydrogen-bond donors (Lipinski definition) is 0. The van der Waals surface area contributed by atoms with Crippen LogP contribution in [-0.2, 0) is 26.6 Å². The average molecular weight is 439 g/mol. The number of likely N-dealkylation sites (tertiary alicyclic amines) is 1. The Balaban J connectivity index is 1.46. The topological polar surface area (TPSA) is 37.4 Å². The Hall–Kier alpha value is -2.44. The molecule has 0 N–H and O–H groups in total. The average Bonchev–Trinajstić information content (AvgIpc) is 3.31. The second-order valence-electron chi connectivity index (χ2n) is 9.32. The highest BCUT2D eigenvalue weighted by Crippen LogP contribution is 2.29. The van der Waals surface area contributed by atoms with E-state index in [0.717, 1.165) is 68.2 Å². The molecule has 6 heteroatoms. The summed E-state index contributed by atoms with van der Waals surface area (Å²) >= 11 is 0. The molecule has 3 aromatic rings. The van der Waals surface area contributed by atoms with Gasteiger partial charge in [-0.15, -0.1) is 0 Å². The molecule has 1 fully saturated rings. The van der Waals surface area contributed by atoms with Gasteiger partial charge in [0.1, 0.15) is 17.3 Å². The van der Waals surface area contributed by atoms with E-state index in [9.17, 15) is 4.39 Å². The molecule has 1 atom stereocenters. The number of nitrogens with zero attached hydrogens (tertiary/aromatic N) is 4. The van der Waals surface area contributed by atoms with Crippen LogP contribution < -0.4 is 0 Å². The van der Waals surface area contributed by atoms with Gasteiger partial charge in [0.15, 0.2) is 0 Å². The third-order valence-corrected chi connectivity index (χ3v) is 6.84. The van der Waals surface area contributed by atoms with Gasteiger partial charge in [-0.3, -0.25) is 14.5 Å². The van der Waals surface area contributed by atoms with Gasteiger partial charge in [0.25, 0.3) is 0 Å². The first-order valence-corrected chi connectivity index (χ1v) is 11.6. The van der Waals surface area contributed by atoms with Crippen LogP contribution in [0.4, 0.5) is 4.39 Å². The molecule has 3 heterocycles. The molecule has 0 spiro atoms. The van der Waals surface area contributed by atoms with Gasteiger partial charge in [-0.2, -0.15) is 5.10 Å². The van der Waals surface area contributed by atoms with E-state index in [2.05, 4.69) is 41.1 Å². The molecular formula is C26H35FN4O. The molecule has 0 aliphatic carbocycles. The number of piperidine rings is 1. The summed E-state index contributed by atoms with van der Waals surface area (Å²) in [5.74, 6) is 2.42. The van der Waals surface area contributed by atoms with Crippen molar-refractivity contribution in [1.82, 2.24) is 19.6 Å². The van der Waals surface area contributed by atoms with E-state index in [0.29, 0.717) is 5.92 Å². The molecule has 0 bridgehead atoms. The van der Waals surface area contributed by atoms with Crippen molar-refractivity contribution in [2.75, 3.05) is 20.1 Å². The van der Waals surface area contributed by atoms with Crippen LogP contribution in [0.1, 0.15) is 41.2 Å². The van der Waals surface area contributed by atoms with Crippen LogP contribution in [0.2, 0.25) is 0 Å². The highest BCUT2D eigenvalue weighted by molar-refractivity contribution is 5.20. The summed E-state index contributed by atoms with van der Waals surface area (Å²) in [7, 11) is 4.14. The Morgan fingerprint density at radius 2 is 1.88 bits per heavy atom. The Kier molecular flexibility index (Phi) is 7.11. The number of halogens is 1. The Morgan fingerprint density at radius 3 is 2.50 bits per heavy atom. The predicted molar refractivity (Wildman–Crippen MR) is 125 cm³/mol. The third kappa shape index (κ3) is 5.48. The van der Waals surface area contributed by atoms with Crippen molar-refractivity contribution in [3.05, 3.63) is 76.8 Å². The number of rotatable bonds is 8. The van der Waals surface area contributed by atoms with E-state index in [1.54, 1.807) is 12.1 Å². The maximum Gasteiger partial charge on any atom is 0.126 e. The lowest BCUT2D eigenvalue weighted by atomic mass is 9.84. The molecule has 0 saturated carbocycles. The lowest BCUT2D eigenvalue weighted by molar-refractivity contribution is 0.0915. The number of benzene rings is 1. The third-order valence-electron chi connectivity index (χ3n) is 6.84. The summed E-state index contributed by atoms with van der Waals surface area (Å²) in [6.07, 6.45) is 5.04. The van der Waals surface area contributed by atoms with Gasteiger partial charge in [-0.1, -0.05) is 18.2 Å². The zero-order valence-electron chi connectivity index (χ0n) is 19.7. The first-order valence-electron chi connectivity index (χ1n) is 11.6. The Morgan fingerprint density at radius 1 is 1.12 bits per heavy atom. The molecule has 172 valence electrons. The van der Waals surface area contributed by atoms with Crippen molar-refractivity contribution in [3.63, 3.8) is 0 Å². The van der Waals surface area contributed by atoms with Gasteiger partial charge in [-0.05, 0) is 82.9 Å². The van der Waals surface area contributed by atoms with E-state index in [1.165, 1.54) is 5.56 Å². The molecule has 0 amide bonds. The molecule has 1 aliphatic rings. The second kappa shape index (κ2) is 10.0. The molecule has 32 heavy (non-hydrogen) atoms. The smallest absolute Gasteiger partial charge is 0.126 e. The minimum Gasteiger partial charge on any atom is -0.465 e. The zero-order chi connectivity index (χ0) is 22.7. The Labute approximate surface area is 190 Å². The summed E-state index contributed by atoms with van der Waals surface area (Å²) in [6.45, 7) is 7.82. The van der Waals surface area contributed by atoms with Gasteiger partial charge in [0.2, 0.25) is 0 Å². The highest BCUT2D eigenvalue weighted by Gasteiger charge is 2.30. The van der Waals surface area contributed by atoms with Crippen molar-refractivity contribution >= 4 is 0 Å². The van der Waals surface area contributed by atoms with Gasteiger partial charge >= 0.3 is 0 Å². The first kappa shape index (κ1) is 22.7. The SMILES string of the molecule is Cc1ccc(CN2CCC(C(Cc3ccccc3F)N(C)Cc3cn(C)nc3C)CC2)o1. The van der Waals surface area contributed by atoms with E-state index in [1.807, 2.05) is 36.9 Å². The fraction of sp³-hybridized carbons (Fsp3) is 0.500. The van der Waals surface area contributed by atoms with Gasteiger partial charge < -0.3 is 4.42 Å². The molecule has 4 rings (SSSR count).